The van der Waals surface area contributed by atoms with Gasteiger partial charge in [-0.25, -0.2) is 4.98 Å². The standard InChI is InChI=1S/C5H3Cl2N.C2H6/c6-4-2-1-3-5(7)8-4;1-2/h1-3H;1-2H3. The van der Waals surface area contributed by atoms with E-state index in [1.54, 1.807) is 18.2 Å². The number of rotatable bonds is 0. The third kappa shape index (κ3) is 3.70. The first-order valence-corrected chi connectivity index (χ1v) is 3.83. The van der Waals surface area contributed by atoms with E-state index >= 15 is 0 Å². The van der Waals surface area contributed by atoms with Crippen LogP contribution in [0.5, 0.6) is 0 Å². The van der Waals surface area contributed by atoms with Crippen molar-refractivity contribution in [2.24, 2.45) is 0 Å². The zero-order valence-electron chi connectivity index (χ0n) is 5.94. The number of hydrogen-bond acceptors (Lipinski definition) is 1. The Balaban J connectivity index is 0.000000371. The highest BCUT2D eigenvalue weighted by molar-refractivity contribution is 6.32. The first-order chi connectivity index (χ1) is 4.79. The molecule has 0 atom stereocenters. The number of hydrogen-bond donors (Lipinski definition) is 0. The summed E-state index contributed by atoms with van der Waals surface area (Å²) in [6.07, 6.45) is 0. The minimum absolute atomic E-state index is 0.428. The Morgan fingerprint density at radius 2 is 1.50 bits per heavy atom. The molecule has 3 heteroatoms. The topological polar surface area (TPSA) is 12.9 Å². The largest absolute Gasteiger partial charge is 0.224 e. The molecule has 1 rings (SSSR count). The fourth-order valence-corrected chi connectivity index (χ4v) is 0.754. The lowest BCUT2D eigenvalue weighted by atomic mass is 10.5. The van der Waals surface area contributed by atoms with Gasteiger partial charge in [-0.2, -0.15) is 0 Å². The molecule has 0 saturated heterocycles. The van der Waals surface area contributed by atoms with E-state index < -0.39 is 0 Å². The molecule has 0 unspecified atom stereocenters. The van der Waals surface area contributed by atoms with Crippen LogP contribution in [0.25, 0.3) is 0 Å². The SMILES string of the molecule is CC.Clc1cccc(Cl)n1. The first-order valence-electron chi connectivity index (χ1n) is 3.07. The Morgan fingerprint density at radius 3 is 1.70 bits per heavy atom. The summed E-state index contributed by atoms with van der Waals surface area (Å²) in [5.41, 5.74) is 0. The predicted molar refractivity (Wildman–Crippen MR) is 45.6 cm³/mol. The molecule has 1 aromatic rings. The third-order valence-electron chi connectivity index (χ3n) is 0.681. The van der Waals surface area contributed by atoms with Crippen LogP contribution >= 0.6 is 23.2 Å². The van der Waals surface area contributed by atoms with E-state index in [1.807, 2.05) is 13.8 Å². The second-order valence-corrected chi connectivity index (χ2v) is 2.06. The molecule has 0 aliphatic heterocycles. The number of nitrogens with zero attached hydrogens (tertiary/aromatic N) is 1. The van der Waals surface area contributed by atoms with Crippen molar-refractivity contribution in [2.45, 2.75) is 13.8 Å². The average Bonchev–Trinajstić information content (AvgIpc) is 1.91. The van der Waals surface area contributed by atoms with Crippen LogP contribution in [-0.2, 0) is 0 Å². The molecule has 0 saturated carbocycles. The minimum atomic E-state index is 0.428. The van der Waals surface area contributed by atoms with Crippen molar-refractivity contribution in [2.75, 3.05) is 0 Å². The molecule has 0 N–H and O–H groups in total. The molecule has 1 nitrogen and oxygen atoms in total. The molecule has 1 aromatic heterocycles. The fraction of sp³-hybridized carbons (Fsp3) is 0.286. The van der Waals surface area contributed by atoms with Gasteiger partial charge in [0.25, 0.3) is 0 Å². The lowest BCUT2D eigenvalue weighted by Gasteiger charge is -1.85. The van der Waals surface area contributed by atoms with Crippen LogP contribution in [0.2, 0.25) is 10.3 Å². The lowest BCUT2D eigenvalue weighted by molar-refractivity contribution is 1.33. The van der Waals surface area contributed by atoms with Gasteiger partial charge in [0, 0.05) is 0 Å². The summed E-state index contributed by atoms with van der Waals surface area (Å²) in [7, 11) is 0. The summed E-state index contributed by atoms with van der Waals surface area (Å²) >= 11 is 10.9. The van der Waals surface area contributed by atoms with E-state index in [4.69, 9.17) is 23.2 Å². The van der Waals surface area contributed by atoms with Gasteiger partial charge >= 0.3 is 0 Å². The normalized spacial score (nSPS) is 8.00. The summed E-state index contributed by atoms with van der Waals surface area (Å²) in [6.45, 7) is 4.00. The van der Waals surface area contributed by atoms with Gasteiger partial charge < -0.3 is 0 Å². The zero-order chi connectivity index (χ0) is 7.98. The van der Waals surface area contributed by atoms with Gasteiger partial charge in [0.05, 0.1) is 0 Å². The quantitative estimate of drug-likeness (QED) is 0.554. The van der Waals surface area contributed by atoms with E-state index in [9.17, 15) is 0 Å². The molecule has 1 heterocycles. The predicted octanol–water partition coefficient (Wildman–Crippen LogP) is 3.41. The lowest BCUT2D eigenvalue weighted by Crippen LogP contribution is -1.71. The highest BCUT2D eigenvalue weighted by Crippen LogP contribution is 2.08. The van der Waals surface area contributed by atoms with Gasteiger partial charge in [-0.1, -0.05) is 43.1 Å². The average molecular weight is 178 g/mol. The van der Waals surface area contributed by atoms with E-state index in [1.165, 1.54) is 0 Å². The van der Waals surface area contributed by atoms with Crippen molar-refractivity contribution >= 4 is 23.2 Å². The van der Waals surface area contributed by atoms with Crippen molar-refractivity contribution in [3.05, 3.63) is 28.5 Å². The van der Waals surface area contributed by atoms with E-state index in [0.29, 0.717) is 10.3 Å². The van der Waals surface area contributed by atoms with Crippen molar-refractivity contribution < 1.29 is 0 Å². The summed E-state index contributed by atoms with van der Waals surface area (Å²) in [5.74, 6) is 0. The van der Waals surface area contributed by atoms with Gasteiger partial charge in [0.2, 0.25) is 0 Å². The highest BCUT2D eigenvalue weighted by Gasteiger charge is 1.86. The smallest absolute Gasteiger partial charge is 0.130 e. The molecule has 0 aromatic carbocycles. The van der Waals surface area contributed by atoms with Crippen LogP contribution in [-0.4, -0.2) is 4.98 Å². The Kier molecular flexibility index (Phi) is 5.36. The van der Waals surface area contributed by atoms with Crippen LogP contribution in [0.1, 0.15) is 13.8 Å². The van der Waals surface area contributed by atoms with Crippen LogP contribution < -0.4 is 0 Å². The summed E-state index contributed by atoms with van der Waals surface area (Å²) in [4.78, 5) is 3.70. The molecular weight excluding hydrogens is 169 g/mol. The maximum Gasteiger partial charge on any atom is 0.130 e. The summed E-state index contributed by atoms with van der Waals surface area (Å²) < 4.78 is 0. The molecular formula is C7H9Cl2N. The Labute approximate surface area is 71.0 Å². The molecule has 0 bridgehead atoms. The van der Waals surface area contributed by atoms with Gasteiger partial charge in [0.15, 0.2) is 0 Å². The van der Waals surface area contributed by atoms with Crippen molar-refractivity contribution in [1.82, 2.24) is 4.98 Å². The molecule has 0 fully saturated rings. The third-order valence-corrected chi connectivity index (χ3v) is 1.10. The van der Waals surface area contributed by atoms with Gasteiger partial charge in [0.1, 0.15) is 10.3 Å². The Hall–Kier alpha value is -0.270. The van der Waals surface area contributed by atoms with Gasteiger partial charge in [-0.05, 0) is 12.1 Å². The Bertz CT molecular complexity index is 171. The van der Waals surface area contributed by atoms with Crippen LogP contribution in [0.4, 0.5) is 0 Å². The number of aromatic nitrogens is 1. The van der Waals surface area contributed by atoms with Crippen molar-refractivity contribution in [3.8, 4) is 0 Å². The molecule has 0 radical (unpaired) electrons. The van der Waals surface area contributed by atoms with E-state index in [-0.39, 0.29) is 0 Å². The van der Waals surface area contributed by atoms with E-state index in [2.05, 4.69) is 4.98 Å². The second kappa shape index (κ2) is 5.51. The molecule has 56 valence electrons. The first kappa shape index (κ1) is 9.73. The summed E-state index contributed by atoms with van der Waals surface area (Å²) in [5, 5.41) is 0.856. The van der Waals surface area contributed by atoms with E-state index in [0.717, 1.165) is 0 Å². The van der Waals surface area contributed by atoms with Crippen LogP contribution in [0.3, 0.4) is 0 Å². The molecule has 10 heavy (non-hydrogen) atoms. The number of halogens is 2. The van der Waals surface area contributed by atoms with Gasteiger partial charge in [-0.15, -0.1) is 0 Å². The minimum Gasteiger partial charge on any atom is -0.224 e. The summed E-state index contributed by atoms with van der Waals surface area (Å²) in [6, 6.07) is 5.10. The molecule has 0 aliphatic rings. The van der Waals surface area contributed by atoms with Crippen LogP contribution in [0.15, 0.2) is 18.2 Å². The number of pyridine rings is 1. The van der Waals surface area contributed by atoms with Crippen LogP contribution in [0, 0.1) is 0 Å². The van der Waals surface area contributed by atoms with Crippen molar-refractivity contribution in [1.29, 1.82) is 0 Å². The maximum atomic E-state index is 5.45. The van der Waals surface area contributed by atoms with Crippen molar-refractivity contribution in [3.63, 3.8) is 0 Å². The molecule has 0 spiro atoms. The van der Waals surface area contributed by atoms with Gasteiger partial charge in [-0.3, -0.25) is 0 Å². The fourth-order valence-electron chi connectivity index (χ4n) is 0.383. The molecule has 0 amide bonds. The maximum absolute atomic E-state index is 5.45. The second-order valence-electron chi connectivity index (χ2n) is 1.28. The highest BCUT2D eigenvalue weighted by atomic mass is 35.5. The monoisotopic (exact) mass is 177 g/mol. The zero-order valence-corrected chi connectivity index (χ0v) is 7.45. The Morgan fingerprint density at radius 1 is 1.10 bits per heavy atom. The molecule has 0 aliphatic carbocycles.